The second-order valence-corrected chi connectivity index (χ2v) is 5.36. The third-order valence-corrected chi connectivity index (χ3v) is 3.46. The first-order valence-corrected chi connectivity index (χ1v) is 6.96. The van der Waals surface area contributed by atoms with Crippen LogP contribution in [-0.2, 0) is 9.53 Å². The summed E-state index contributed by atoms with van der Waals surface area (Å²) in [5, 5.41) is 12.8. The van der Waals surface area contributed by atoms with E-state index in [-0.39, 0.29) is 12.5 Å². The molecule has 6 nitrogen and oxygen atoms in total. The van der Waals surface area contributed by atoms with Gasteiger partial charge in [0.05, 0.1) is 29.5 Å². The van der Waals surface area contributed by atoms with Crippen molar-refractivity contribution < 1.29 is 14.6 Å². The number of likely N-dealkylation sites (N-methyl/N-ethyl adjacent to an activating group) is 1. The Morgan fingerprint density at radius 2 is 2.24 bits per heavy atom. The van der Waals surface area contributed by atoms with Gasteiger partial charge >= 0.3 is 0 Å². The van der Waals surface area contributed by atoms with Crippen molar-refractivity contribution in [3.05, 3.63) is 23.2 Å². The molecule has 21 heavy (non-hydrogen) atoms. The Labute approximate surface area is 129 Å². The van der Waals surface area contributed by atoms with Crippen LogP contribution in [0.25, 0.3) is 0 Å². The monoisotopic (exact) mass is 315 g/mol. The van der Waals surface area contributed by atoms with Gasteiger partial charge in [-0.25, -0.2) is 0 Å². The van der Waals surface area contributed by atoms with Crippen molar-refractivity contribution >= 4 is 28.9 Å². The zero-order valence-corrected chi connectivity index (χ0v) is 13.2. The Morgan fingerprint density at radius 1 is 1.57 bits per heavy atom. The second kappa shape index (κ2) is 8.19. The maximum Gasteiger partial charge on any atom is 0.241 e. The summed E-state index contributed by atoms with van der Waals surface area (Å²) < 4.78 is 4.86. The molecule has 0 saturated carbocycles. The number of hydrogen-bond donors (Lipinski definition) is 3. The number of nitrogens with two attached hydrogens (primary N) is 1. The summed E-state index contributed by atoms with van der Waals surface area (Å²) in [5.41, 5.74) is 6.65. The molecule has 118 valence electrons. The van der Waals surface area contributed by atoms with Crippen molar-refractivity contribution in [3.63, 3.8) is 0 Å². The minimum atomic E-state index is -0.643. The number of methoxy groups -OCH3 is 1. The number of nitrogens with zero attached hydrogens (tertiary/aromatic N) is 1. The molecular formula is C14H22ClN3O3. The summed E-state index contributed by atoms with van der Waals surface area (Å²) in [6, 6.07) is 4.47. The number of rotatable bonds is 7. The van der Waals surface area contributed by atoms with Gasteiger partial charge in [0.25, 0.3) is 0 Å². The number of nitrogen functional groups attached to an aromatic ring is 1. The third-order valence-electron chi connectivity index (χ3n) is 3.15. The molecule has 0 fully saturated rings. The smallest absolute Gasteiger partial charge is 0.241 e. The van der Waals surface area contributed by atoms with Crippen LogP contribution in [0.1, 0.15) is 6.92 Å². The van der Waals surface area contributed by atoms with Crippen LogP contribution in [0.4, 0.5) is 11.4 Å². The molecule has 0 aliphatic rings. The van der Waals surface area contributed by atoms with E-state index in [1.165, 1.54) is 7.11 Å². The molecule has 0 aliphatic heterocycles. The average molecular weight is 316 g/mol. The molecule has 1 aromatic rings. The summed E-state index contributed by atoms with van der Waals surface area (Å²) in [4.78, 5) is 13.9. The fraction of sp³-hybridized carbons (Fsp3) is 0.500. The Balaban J connectivity index is 2.61. The molecular weight excluding hydrogens is 294 g/mol. The van der Waals surface area contributed by atoms with Crippen molar-refractivity contribution in [1.29, 1.82) is 0 Å². The summed E-state index contributed by atoms with van der Waals surface area (Å²) >= 11 is 6.02. The molecule has 0 radical (unpaired) electrons. The van der Waals surface area contributed by atoms with E-state index in [1.807, 2.05) is 0 Å². The van der Waals surface area contributed by atoms with E-state index < -0.39 is 12.1 Å². The van der Waals surface area contributed by atoms with Gasteiger partial charge in [0.15, 0.2) is 0 Å². The number of ether oxygens (including phenoxy) is 1. The van der Waals surface area contributed by atoms with Crippen LogP contribution in [0.2, 0.25) is 5.02 Å². The van der Waals surface area contributed by atoms with Crippen LogP contribution in [0.3, 0.4) is 0 Å². The molecule has 2 atom stereocenters. The zero-order chi connectivity index (χ0) is 16.0. The zero-order valence-electron chi connectivity index (χ0n) is 12.5. The largest absolute Gasteiger partial charge is 0.399 e. The SMILES string of the molecule is COCC(O)CN(C)C(C)C(=O)Nc1ccc(N)cc1Cl. The van der Waals surface area contributed by atoms with Gasteiger partial charge in [0, 0.05) is 19.3 Å². The molecule has 1 amide bonds. The Kier molecular flexibility index (Phi) is 6.91. The fourth-order valence-electron chi connectivity index (χ4n) is 1.81. The minimum absolute atomic E-state index is 0.214. The molecule has 0 heterocycles. The molecule has 0 spiro atoms. The van der Waals surface area contributed by atoms with Gasteiger partial charge in [0.1, 0.15) is 0 Å². The highest BCUT2D eigenvalue weighted by atomic mass is 35.5. The van der Waals surface area contributed by atoms with Crippen molar-refractivity contribution in [2.45, 2.75) is 19.1 Å². The topological polar surface area (TPSA) is 87.8 Å². The van der Waals surface area contributed by atoms with Gasteiger partial charge in [-0.05, 0) is 32.2 Å². The molecule has 0 saturated heterocycles. The quantitative estimate of drug-likeness (QED) is 0.658. The molecule has 0 aromatic heterocycles. The first-order chi connectivity index (χ1) is 9.85. The molecule has 2 unspecified atom stereocenters. The van der Waals surface area contributed by atoms with E-state index in [9.17, 15) is 9.90 Å². The second-order valence-electron chi connectivity index (χ2n) is 4.95. The third kappa shape index (κ3) is 5.51. The first-order valence-electron chi connectivity index (χ1n) is 6.58. The number of carbonyl (C=O) groups excluding carboxylic acids is 1. The number of aliphatic hydroxyl groups is 1. The normalized spacial score (nSPS) is 14.0. The molecule has 1 aromatic carbocycles. The van der Waals surface area contributed by atoms with Crippen LogP contribution in [0.5, 0.6) is 0 Å². The highest BCUT2D eigenvalue weighted by molar-refractivity contribution is 6.34. The van der Waals surface area contributed by atoms with Gasteiger partial charge in [-0.3, -0.25) is 9.69 Å². The Hall–Kier alpha value is -1.34. The number of halogens is 1. The summed E-state index contributed by atoms with van der Waals surface area (Å²) in [6.45, 7) is 2.31. The van der Waals surface area contributed by atoms with Gasteiger partial charge < -0.3 is 20.9 Å². The summed E-state index contributed by atoms with van der Waals surface area (Å²) in [5.74, 6) is -0.214. The average Bonchev–Trinajstić information content (AvgIpc) is 2.41. The highest BCUT2D eigenvalue weighted by Crippen LogP contribution is 2.24. The maximum absolute atomic E-state index is 12.2. The standard InChI is InChI=1S/C14H22ClN3O3/c1-9(18(2)7-11(19)8-21-3)14(20)17-13-5-4-10(16)6-12(13)15/h4-6,9,11,19H,7-8,16H2,1-3H3,(H,17,20). The van der Waals surface area contributed by atoms with Crippen molar-refractivity contribution in [2.24, 2.45) is 0 Å². The number of nitrogens with one attached hydrogen (secondary N) is 1. The lowest BCUT2D eigenvalue weighted by Crippen LogP contribution is -2.44. The number of hydrogen-bond acceptors (Lipinski definition) is 5. The van der Waals surface area contributed by atoms with E-state index >= 15 is 0 Å². The van der Waals surface area contributed by atoms with Gasteiger partial charge in [-0.2, -0.15) is 0 Å². The molecule has 0 aliphatic carbocycles. The van der Waals surface area contributed by atoms with Crippen molar-refractivity contribution in [3.8, 4) is 0 Å². The number of aliphatic hydroxyl groups excluding tert-OH is 1. The van der Waals surface area contributed by atoms with Crippen LogP contribution >= 0.6 is 11.6 Å². The van der Waals surface area contributed by atoms with E-state index in [0.29, 0.717) is 22.9 Å². The maximum atomic E-state index is 12.2. The lowest BCUT2D eigenvalue weighted by molar-refractivity contribution is -0.120. The molecule has 0 bridgehead atoms. The van der Waals surface area contributed by atoms with Gasteiger partial charge in [-0.15, -0.1) is 0 Å². The molecule has 7 heteroatoms. The molecule has 4 N–H and O–H groups in total. The van der Waals surface area contributed by atoms with Crippen LogP contribution in [-0.4, -0.2) is 55.4 Å². The highest BCUT2D eigenvalue weighted by Gasteiger charge is 2.21. The van der Waals surface area contributed by atoms with E-state index in [0.717, 1.165) is 0 Å². The number of anilines is 2. The van der Waals surface area contributed by atoms with Crippen LogP contribution < -0.4 is 11.1 Å². The summed E-state index contributed by atoms with van der Waals surface area (Å²) in [6.07, 6.45) is -0.643. The van der Waals surface area contributed by atoms with Crippen molar-refractivity contribution in [1.82, 2.24) is 4.90 Å². The predicted molar refractivity (Wildman–Crippen MR) is 84.5 cm³/mol. The fourth-order valence-corrected chi connectivity index (χ4v) is 2.04. The van der Waals surface area contributed by atoms with E-state index in [2.05, 4.69) is 5.32 Å². The van der Waals surface area contributed by atoms with Gasteiger partial charge in [-0.1, -0.05) is 11.6 Å². The minimum Gasteiger partial charge on any atom is -0.399 e. The molecule has 1 rings (SSSR count). The lowest BCUT2D eigenvalue weighted by atomic mass is 10.2. The number of benzene rings is 1. The van der Waals surface area contributed by atoms with Crippen LogP contribution in [0.15, 0.2) is 18.2 Å². The Bertz CT molecular complexity index is 485. The van der Waals surface area contributed by atoms with E-state index in [1.54, 1.807) is 37.1 Å². The number of amides is 1. The lowest BCUT2D eigenvalue weighted by Gasteiger charge is -2.26. The van der Waals surface area contributed by atoms with Crippen LogP contribution in [0, 0.1) is 0 Å². The first kappa shape index (κ1) is 17.7. The number of carbonyl (C=O) groups is 1. The van der Waals surface area contributed by atoms with Crippen molar-refractivity contribution in [2.75, 3.05) is 38.4 Å². The van der Waals surface area contributed by atoms with E-state index in [4.69, 9.17) is 22.1 Å². The Morgan fingerprint density at radius 3 is 2.81 bits per heavy atom. The van der Waals surface area contributed by atoms with Gasteiger partial charge in [0.2, 0.25) is 5.91 Å². The predicted octanol–water partition coefficient (Wildman–Crippen LogP) is 1.19. The summed E-state index contributed by atoms with van der Waals surface area (Å²) in [7, 11) is 3.27.